The first-order valence-corrected chi connectivity index (χ1v) is 15.5. The van der Waals surface area contributed by atoms with Gasteiger partial charge in [-0.2, -0.15) is 13.2 Å². The van der Waals surface area contributed by atoms with Crippen LogP contribution in [0.4, 0.5) is 18.3 Å². The van der Waals surface area contributed by atoms with Crippen molar-refractivity contribution in [1.82, 2.24) is 10.3 Å². The van der Waals surface area contributed by atoms with Crippen LogP contribution in [-0.4, -0.2) is 34.4 Å². The Hall–Kier alpha value is -4.51. The molecular weight excluding hydrogens is 603 g/mol. The number of rotatable bonds is 10. The largest absolute Gasteiger partial charge is 0.481 e. The number of amides is 2. The number of aryl methyl sites for hydroxylation is 1. The average Bonchev–Trinajstić information content (AvgIpc) is 3.43. The topological polar surface area (TPSA) is 108 Å². The van der Waals surface area contributed by atoms with Gasteiger partial charge in [-0.15, -0.1) is 0 Å². The molecule has 11 heteroatoms. The highest BCUT2D eigenvalue weighted by Gasteiger charge is 2.32. The van der Waals surface area contributed by atoms with E-state index in [0.717, 1.165) is 59.4 Å². The molecule has 2 amide bonds. The molecular formula is C34H32F3N3O4S. The van der Waals surface area contributed by atoms with Crippen LogP contribution in [0.15, 0.2) is 66.7 Å². The molecule has 5 rings (SSSR count). The van der Waals surface area contributed by atoms with Crippen LogP contribution in [0.2, 0.25) is 0 Å². The molecule has 0 bridgehead atoms. The van der Waals surface area contributed by atoms with E-state index in [1.165, 1.54) is 12.0 Å². The summed E-state index contributed by atoms with van der Waals surface area (Å²) in [4.78, 5) is 41.2. The zero-order valence-corrected chi connectivity index (χ0v) is 25.4. The van der Waals surface area contributed by atoms with Crippen molar-refractivity contribution in [3.63, 3.8) is 0 Å². The number of aromatic nitrogens is 1. The maximum Gasteiger partial charge on any atom is 0.416 e. The first kappa shape index (κ1) is 31.9. The first-order chi connectivity index (χ1) is 21.5. The van der Waals surface area contributed by atoms with Gasteiger partial charge in [-0.25, -0.2) is 4.98 Å². The van der Waals surface area contributed by atoms with Crippen molar-refractivity contribution in [2.75, 3.05) is 11.9 Å². The summed E-state index contributed by atoms with van der Waals surface area (Å²) in [5.74, 6) is -2.42. The van der Waals surface area contributed by atoms with E-state index in [0.29, 0.717) is 15.8 Å². The van der Waals surface area contributed by atoms with Crippen LogP contribution < -0.4 is 10.6 Å². The summed E-state index contributed by atoms with van der Waals surface area (Å²) in [7, 11) is 0. The molecule has 1 unspecified atom stereocenters. The van der Waals surface area contributed by atoms with E-state index in [2.05, 4.69) is 21.7 Å². The minimum Gasteiger partial charge on any atom is -0.481 e. The standard InChI is InChI=1S/C34H32F3N3O4S/c1-20-17-26(34(35,36)37)19-28-30(20)45-33(39-28)40-32(44)27(24-13-11-23(12-14-24)22-5-3-2-4-6-22)18-21-7-9-25(10-8-21)31(43)38-16-15-29(41)42/h5,7-14,17,19,27H,2-4,6,15-16,18H2,1H3,(H,38,43)(H,41,42)(H,39,40,44). The van der Waals surface area contributed by atoms with Crippen LogP contribution in [0, 0.1) is 6.92 Å². The quantitative estimate of drug-likeness (QED) is 0.165. The number of carboxylic acid groups (broad SMARTS) is 1. The number of halogens is 3. The number of anilines is 1. The van der Waals surface area contributed by atoms with E-state index >= 15 is 0 Å². The van der Waals surface area contributed by atoms with Gasteiger partial charge in [-0.3, -0.25) is 14.4 Å². The fourth-order valence-corrected chi connectivity index (χ4v) is 6.33. The molecule has 1 aliphatic rings. The lowest BCUT2D eigenvalue weighted by Crippen LogP contribution is -2.26. The Bertz CT molecular complexity index is 1750. The van der Waals surface area contributed by atoms with Crippen LogP contribution in [-0.2, 0) is 22.2 Å². The second-order valence-corrected chi connectivity index (χ2v) is 12.1. The number of nitrogens with one attached hydrogen (secondary N) is 2. The van der Waals surface area contributed by atoms with Crippen molar-refractivity contribution in [2.24, 2.45) is 0 Å². The molecule has 0 fully saturated rings. The zero-order valence-electron chi connectivity index (χ0n) is 24.5. The van der Waals surface area contributed by atoms with Gasteiger partial charge in [0.05, 0.1) is 28.1 Å². The monoisotopic (exact) mass is 635 g/mol. The molecule has 1 aromatic heterocycles. The molecule has 3 N–H and O–H groups in total. The van der Waals surface area contributed by atoms with Crippen LogP contribution in [0.25, 0.3) is 15.8 Å². The first-order valence-electron chi connectivity index (χ1n) is 14.7. The van der Waals surface area contributed by atoms with E-state index < -0.39 is 29.5 Å². The Morgan fingerprint density at radius 3 is 2.40 bits per heavy atom. The average molecular weight is 636 g/mol. The SMILES string of the molecule is Cc1cc(C(F)(F)F)cc2nc(NC(=O)C(Cc3ccc(C(=O)NCCC(=O)O)cc3)c3ccc(C4=CCCCC4)cc3)sc12. The number of fused-ring (bicyclic) bond motifs is 1. The molecule has 45 heavy (non-hydrogen) atoms. The van der Waals surface area contributed by atoms with E-state index in [9.17, 15) is 27.6 Å². The predicted molar refractivity (Wildman–Crippen MR) is 168 cm³/mol. The minimum absolute atomic E-state index is 0.00781. The molecule has 0 aliphatic heterocycles. The van der Waals surface area contributed by atoms with E-state index in [1.807, 2.05) is 24.3 Å². The van der Waals surface area contributed by atoms with Gasteiger partial charge < -0.3 is 15.7 Å². The second-order valence-electron chi connectivity index (χ2n) is 11.1. The summed E-state index contributed by atoms with van der Waals surface area (Å²) in [6, 6.07) is 16.7. The molecule has 0 spiro atoms. The Morgan fingerprint density at radius 2 is 1.76 bits per heavy atom. The van der Waals surface area contributed by atoms with E-state index in [4.69, 9.17) is 5.11 Å². The third kappa shape index (κ3) is 7.96. The van der Waals surface area contributed by atoms with Gasteiger partial charge in [0.25, 0.3) is 5.91 Å². The van der Waals surface area contributed by atoms with Gasteiger partial charge in [0.2, 0.25) is 5.91 Å². The second kappa shape index (κ2) is 13.6. The maximum atomic E-state index is 13.8. The van der Waals surface area contributed by atoms with Crippen molar-refractivity contribution in [3.05, 3.63) is 100 Å². The van der Waals surface area contributed by atoms with Crippen molar-refractivity contribution in [1.29, 1.82) is 0 Å². The molecule has 0 saturated carbocycles. The summed E-state index contributed by atoms with van der Waals surface area (Å²) < 4.78 is 40.7. The number of benzene rings is 3. The molecule has 1 aliphatic carbocycles. The number of aliphatic carboxylic acids is 1. The Balaban J connectivity index is 1.39. The third-order valence-corrected chi connectivity index (χ3v) is 8.93. The van der Waals surface area contributed by atoms with Crippen molar-refractivity contribution in [2.45, 2.75) is 57.5 Å². The maximum absolute atomic E-state index is 13.8. The predicted octanol–water partition coefficient (Wildman–Crippen LogP) is 7.75. The van der Waals surface area contributed by atoms with Crippen LogP contribution in [0.1, 0.15) is 76.2 Å². The van der Waals surface area contributed by atoms with Gasteiger partial charge >= 0.3 is 12.1 Å². The van der Waals surface area contributed by atoms with Crippen LogP contribution in [0.5, 0.6) is 0 Å². The van der Waals surface area contributed by atoms with Crippen molar-refractivity contribution >= 4 is 50.0 Å². The Morgan fingerprint density at radius 1 is 1.02 bits per heavy atom. The highest BCUT2D eigenvalue weighted by molar-refractivity contribution is 7.22. The lowest BCUT2D eigenvalue weighted by atomic mass is 9.88. The number of hydrogen-bond donors (Lipinski definition) is 3. The van der Waals surface area contributed by atoms with Crippen LogP contribution >= 0.6 is 11.3 Å². The Labute approximate surface area is 262 Å². The third-order valence-electron chi connectivity index (χ3n) is 7.80. The zero-order chi connectivity index (χ0) is 32.1. The van der Waals surface area contributed by atoms with Gasteiger partial charge in [-0.1, -0.05) is 53.8 Å². The number of allylic oxidation sites excluding steroid dienone is 2. The van der Waals surface area contributed by atoms with E-state index in [1.54, 1.807) is 31.2 Å². The lowest BCUT2D eigenvalue weighted by molar-refractivity contribution is -0.138. The van der Waals surface area contributed by atoms with Crippen LogP contribution in [0.3, 0.4) is 0 Å². The molecule has 3 aromatic carbocycles. The smallest absolute Gasteiger partial charge is 0.416 e. The summed E-state index contributed by atoms with van der Waals surface area (Å²) in [5.41, 5.74) is 4.10. The van der Waals surface area contributed by atoms with Gasteiger partial charge in [-0.05, 0) is 91.1 Å². The molecule has 7 nitrogen and oxygen atoms in total. The van der Waals surface area contributed by atoms with E-state index in [-0.39, 0.29) is 35.9 Å². The minimum atomic E-state index is -4.51. The Kier molecular flexibility index (Phi) is 9.67. The number of thiazole rings is 1. The number of nitrogens with zero attached hydrogens (tertiary/aromatic N) is 1. The van der Waals surface area contributed by atoms with Crippen molar-refractivity contribution < 1.29 is 32.7 Å². The molecule has 0 saturated heterocycles. The molecule has 1 atom stereocenters. The molecule has 0 radical (unpaired) electrons. The number of carboxylic acids is 1. The van der Waals surface area contributed by atoms with Crippen molar-refractivity contribution in [3.8, 4) is 0 Å². The number of carbonyl (C=O) groups is 3. The normalized spacial score (nSPS) is 14.1. The van der Waals surface area contributed by atoms with Gasteiger partial charge in [0.15, 0.2) is 5.13 Å². The summed E-state index contributed by atoms with van der Waals surface area (Å²) in [6.07, 6.45) is 2.21. The summed E-state index contributed by atoms with van der Waals surface area (Å²) in [6.45, 7) is 1.59. The molecule has 234 valence electrons. The molecule has 1 heterocycles. The summed E-state index contributed by atoms with van der Waals surface area (Å²) in [5, 5.41) is 14.4. The molecule has 4 aromatic rings. The highest BCUT2D eigenvalue weighted by atomic mass is 32.1. The number of hydrogen-bond acceptors (Lipinski definition) is 5. The summed E-state index contributed by atoms with van der Waals surface area (Å²) >= 11 is 1.13. The fraction of sp³-hybridized carbons (Fsp3) is 0.294. The van der Waals surface area contributed by atoms with Gasteiger partial charge in [0, 0.05) is 12.1 Å². The lowest BCUT2D eigenvalue weighted by Gasteiger charge is -2.18. The highest BCUT2D eigenvalue weighted by Crippen LogP contribution is 2.37. The number of carbonyl (C=O) groups excluding carboxylic acids is 2. The number of alkyl halides is 3. The van der Waals surface area contributed by atoms with Gasteiger partial charge in [0.1, 0.15) is 0 Å². The fourth-order valence-electron chi connectivity index (χ4n) is 5.41.